The Balaban J connectivity index is 2.61. The summed E-state index contributed by atoms with van der Waals surface area (Å²) in [6, 6.07) is 8.71. The van der Waals surface area contributed by atoms with Crippen LogP contribution in [0.1, 0.15) is 25.0 Å². The molecule has 1 aromatic carbocycles. The number of nitrogens with zero attached hydrogens (tertiary/aromatic N) is 2. The van der Waals surface area contributed by atoms with E-state index in [0.717, 1.165) is 32.1 Å². The molecule has 1 aromatic rings. The predicted molar refractivity (Wildman–Crippen MR) is 82.3 cm³/mol. The van der Waals surface area contributed by atoms with Gasteiger partial charge in [-0.25, -0.2) is 0 Å². The van der Waals surface area contributed by atoms with Crippen molar-refractivity contribution in [3.05, 3.63) is 35.4 Å². The Kier molecular flexibility index (Phi) is 6.97. The molecule has 19 heavy (non-hydrogen) atoms. The molecule has 4 heteroatoms. The van der Waals surface area contributed by atoms with E-state index >= 15 is 0 Å². The molecule has 0 heterocycles. The minimum Gasteiger partial charge on any atom is -0.359 e. The number of nitrogens with one attached hydrogen (secondary N) is 2. The second-order valence-corrected chi connectivity index (χ2v) is 4.46. The average molecular weight is 262 g/mol. The Morgan fingerprint density at radius 2 is 1.89 bits per heavy atom. The molecule has 106 valence electrons. The van der Waals surface area contributed by atoms with Crippen LogP contribution in [0.4, 0.5) is 0 Å². The fourth-order valence-electron chi connectivity index (χ4n) is 2.01. The fourth-order valence-corrected chi connectivity index (χ4v) is 2.01. The van der Waals surface area contributed by atoms with Crippen LogP contribution >= 0.6 is 0 Å². The second kappa shape index (κ2) is 8.53. The Labute approximate surface area is 116 Å². The minimum atomic E-state index is 0.791. The highest BCUT2D eigenvalue weighted by Gasteiger charge is 2.02. The first kappa shape index (κ1) is 15.5. The van der Waals surface area contributed by atoms with E-state index in [0.29, 0.717) is 0 Å². The summed E-state index contributed by atoms with van der Waals surface area (Å²) >= 11 is 0. The van der Waals surface area contributed by atoms with Gasteiger partial charge in [-0.15, -0.1) is 0 Å². The summed E-state index contributed by atoms with van der Waals surface area (Å²) in [5.74, 6) is 0.814. The Bertz CT molecular complexity index is 397. The van der Waals surface area contributed by atoms with Crippen LogP contribution in [0.15, 0.2) is 29.3 Å². The summed E-state index contributed by atoms with van der Waals surface area (Å²) in [7, 11) is 3.64. The summed E-state index contributed by atoms with van der Waals surface area (Å²) in [5.41, 5.74) is 2.64. The Hall–Kier alpha value is -1.55. The first-order valence-corrected chi connectivity index (χ1v) is 6.92. The number of hydrogen-bond donors (Lipinski definition) is 2. The molecule has 0 saturated heterocycles. The van der Waals surface area contributed by atoms with E-state index in [9.17, 15) is 0 Å². The lowest BCUT2D eigenvalue weighted by Gasteiger charge is -2.18. The van der Waals surface area contributed by atoms with Crippen molar-refractivity contribution in [2.75, 3.05) is 27.2 Å². The lowest BCUT2D eigenvalue weighted by molar-refractivity contribution is 0.296. The maximum absolute atomic E-state index is 4.11. The molecule has 0 aliphatic heterocycles. The first-order chi connectivity index (χ1) is 9.23. The van der Waals surface area contributed by atoms with Crippen LogP contribution in [0, 0.1) is 0 Å². The standard InChI is InChI=1S/C15H26N4/c1-5-19(6-2)12-14-9-7-8-13(10-14)11-18-15(16-3)17-4/h7-10H,5-6,11-12H2,1-4H3,(H2,16,17,18). The molecule has 0 bridgehead atoms. The van der Waals surface area contributed by atoms with Crippen molar-refractivity contribution in [2.45, 2.75) is 26.9 Å². The van der Waals surface area contributed by atoms with E-state index in [-0.39, 0.29) is 0 Å². The summed E-state index contributed by atoms with van der Waals surface area (Å²) in [6.45, 7) is 8.38. The predicted octanol–water partition coefficient (Wildman–Crippen LogP) is 1.82. The number of hydrogen-bond acceptors (Lipinski definition) is 2. The third kappa shape index (κ3) is 5.30. The van der Waals surface area contributed by atoms with E-state index in [4.69, 9.17) is 0 Å². The van der Waals surface area contributed by atoms with Gasteiger partial charge in [-0.1, -0.05) is 38.1 Å². The molecular weight excluding hydrogens is 236 g/mol. The molecule has 0 saturated carbocycles. The molecule has 2 N–H and O–H groups in total. The molecule has 1 rings (SSSR count). The highest BCUT2D eigenvalue weighted by molar-refractivity contribution is 5.79. The van der Waals surface area contributed by atoms with Gasteiger partial charge >= 0.3 is 0 Å². The van der Waals surface area contributed by atoms with Crippen molar-refractivity contribution in [2.24, 2.45) is 4.99 Å². The van der Waals surface area contributed by atoms with Crippen LogP contribution in [0.5, 0.6) is 0 Å². The summed E-state index contributed by atoms with van der Waals surface area (Å²) < 4.78 is 0. The highest BCUT2D eigenvalue weighted by atomic mass is 15.1. The maximum atomic E-state index is 4.11. The SMILES string of the molecule is CCN(CC)Cc1cccc(CNC(=NC)NC)c1. The third-order valence-corrected chi connectivity index (χ3v) is 3.21. The summed E-state index contributed by atoms with van der Waals surface area (Å²) in [4.78, 5) is 6.52. The molecule has 0 atom stereocenters. The normalized spacial score (nSPS) is 11.7. The van der Waals surface area contributed by atoms with Gasteiger partial charge in [-0.05, 0) is 24.2 Å². The van der Waals surface area contributed by atoms with Gasteiger partial charge in [0.15, 0.2) is 5.96 Å². The smallest absolute Gasteiger partial charge is 0.190 e. The monoisotopic (exact) mass is 262 g/mol. The summed E-state index contributed by atoms with van der Waals surface area (Å²) in [6.07, 6.45) is 0. The molecule has 0 aromatic heterocycles. The van der Waals surface area contributed by atoms with Crippen LogP contribution in [0.2, 0.25) is 0 Å². The van der Waals surface area contributed by atoms with Gasteiger partial charge in [-0.2, -0.15) is 0 Å². The molecule has 4 nitrogen and oxygen atoms in total. The maximum Gasteiger partial charge on any atom is 0.190 e. The number of benzene rings is 1. The zero-order valence-corrected chi connectivity index (χ0v) is 12.5. The van der Waals surface area contributed by atoms with Crippen molar-refractivity contribution in [1.29, 1.82) is 0 Å². The average Bonchev–Trinajstić information content (AvgIpc) is 2.46. The van der Waals surface area contributed by atoms with Gasteiger partial charge in [0.2, 0.25) is 0 Å². The van der Waals surface area contributed by atoms with Crippen LogP contribution in [-0.4, -0.2) is 38.0 Å². The van der Waals surface area contributed by atoms with E-state index in [1.165, 1.54) is 11.1 Å². The summed E-state index contributed by atoms with van der Waals surface area (Å²) in [5, 5.41) is 6.29. The van der Waals surface area contributed by atoms with E-state index in [1.54, 1.807) is 7.05 Å². The molecule has 0 fully saturated rings. The largest absolute Gasteiger partial charge is 0.359 e. The van der Waals surface area contributed by atoms with Gasteiger partial charge < -0.3 is 10.6 Å². The minimum absolute atomic E-state index is 0.791. The number of rotatable bonds is 6. The molecular formula is C15H26N4. The van der Waals surface area contributed by atoms with Crippen molar-refractivity contribution < 1.29 is 0 Å². The van der Waals surface area contributed by atoms with E-state index < -0.39 is 0 Å². The molecule has 0 unspecified atom stereocenters. The van der Waals surface area contributed by atoms with Crippen LogP contribution < -0.4 is 10.6 Å². The van der Waals surface area contributed by atoms with Crippen LogP contribution in [-0.2, 0) is 13.1 Å². The van der Waals surface area contributed by atoms with Crippen LogP contribution in [0.3, 0.4) is 0 Å². The van der Waals surface area contributed by atoms with Crippen molar-refractivity contribution in [3.8, 4) is 0 Å². The molecule has 0 aliphatic carbocycles. The van der Waals surface area contributed by atoms with Gasteiger partial charge in [0.1, 0.15) is 0 Å². The molecule has 0 aliphatic rings. The fraction of sp³-hybridized carbons (Fsp3) is 0.533. The van der Waals surface area contributed by atoms with Crippen molar-refractivity contribution in [1.82, 2.24) is 15.5 Å². The van der Waals surface area contributed by atoms with Gasteiger partial charge in [-0.3, -0.25) is 9.89 Å². The third-order valence-electron chi connectivity index (χ3n) is 3.21. The van der Waals surface area contributed by atoms with Crippen molar-refractivity contribution >= 4 is 5.96 Å². The Morgan fingerprint density at radius 3 is 2.47 bits per heavy atom. The van der Waals surface area contributed by atoms with Gasteiger partial charge in [0, 0.05) is 27.2 Å². The molecule has 0 amide bonds. The van der Waals surface area contributed by atoms with E-state index in [2.05, 4.69) is 58.6 Å². The first-order valence-electron chi connectivity index (χ1n) is 6.92. The van der Waals surface area contributed by atoms with E-state index in [1.807, 2.05) is 7.05 Å². The highest BCUT2D eigenvalue weighted by Crippen LogP contribution is 2.08. The number of guanidine groups is 1. The van der Waals surface area contributed by atoms with Crippen LogP contribution in [0.25, 0.3) is 0 Å². The van der Waals surface area contributed by atoms with Gasteiger partial charge in [0.05, 0.1) is 0 Å². The lowest BCUT2D eigenvalue weighted by atomic mass is 10.1. The quantitative estimate of drug-likeness (QED) is 0.607. The van der Waals surface area contributed by atoms with Crippen molar-refractivity contribution in [3.63, 3.8) is 0 Å². The topological polar surface area (TPSA) is 39.7 Å². The molecule has 0 spiro atoms. The zero-order valence-electron chi connectivity index (χ0n) is 12.5. The Morgan fingerprint density at radius 1 is 1.21 bits per heavy atom. The van der Waals surface area contributed by atoms with Gasteiger partial charge in [0.25, 0.3) is 0 Å². The lowest BCUT2D eigenvalue weighted by Crippen LogP contribution is -2.34. The number of aliphatic imine (C=N–C) groups is 1. The second-order valence-electron chi connectivity index (χ2n) is 4.46. The molecule has 0 radical (unpaired) electrons. The zero-order chi connectivity index (χ0) is 14.1.